The van der Waals surface area contributed by atoms with E-state index in [1.807, 2.05) is 21.7 Å². The number of carbonyl (C=O) groups is 2. The van der Waals surface area contributed by atoms with E-state index in [4.69, 9.17) is 0 Å². The first-order chi connectivity index (χ1) is 13.3. The number of rotatable bonds is 5. The van der Waals surface area contributed by atoms with Crippen molar-refractivity contribution >= 4 is 23.2 Å². The number of nitrogens with one attached hydrogen (secondary N) is 1. The lowest BCUT2D eigenvalue weighted by molar-refractivity contribution is -0.137. The molecule has 150 valence electrons. The molecule has 3 rings (SSSR count). The molecule has 2 heterocycles. The average molecular weight is 411 g/mol. The van der Waals surface area contributed by atoms with Crippen LogP contribution < -0.4 is 5.32 Å². The van der Waals surface area contributed by atoms with Crippen molar-refractivity contribution in [1.82, 2.24) is 15.1 Å². The lowest BCUT2D eigenvalue weighted by atomic mass is 10.1. The highest BCUT2D eigenvalue weighted by Crippen LogP contribution is 2.29. The molecule has 0 saturated carbocycles. The summed E-state index contributed by atoms with van der Waals surface area (Å²) >= 11 is 1.49. The molecule has 0 unspecified atom stereocenters. The van der Waals surface area contributed by atoms with E-state index in [0.717, 1.165) is 12.1 Å². The summed E-state index contributed by atoms with van der Waals surface area (Å²) in [6.45, 7) is 3.69. The van der Waals surface area contributed by atoms with Gasteiger partial charge in [0, 0.05) is 50.2 Å². The van der Waals surface area contributed by atoms with Gasteiger partial charge in [0.1, 0.15) is 0 Å². The Balaban J connectivity index is 1.40. The largest absolute Gasteiger partial charge is 0.416 e. The molecule has 1 N–H and O–H groups in total. The average Bonchev–Trinajstić information content (AvgIpc) is 3.22. The number of piperazine rings is 1. The number of halogens is 3. The van der Waals surface area contributed by atoms with Crippen molar-refractivity contribution in [2.45, 2.75) is 6.18 Å². The molecular weight excluding hydrogens is 391 g/mol. The number of thiophene rings is 1. The number of alkyl halides is 3. The number of nitrogens with zero attached hydrogens (tertiary/aromatic N) is 2. The van der Waals surface area contributed by atoms with E-state index in [0.29, 0.717) is 44.8 Å². The van der Waals surface area contributed by atoms with Gasteiger partial charge in [0.05, 0.1) is 11.1 Å². The van der Waals surface area contributed by atoms with Crippen LogP contribution in [-0.4, -0.2) is 60.9 Å². The zero-order valence-corrected chi connectivity index (χ0v) is 15.9. The Hall–Kier alpha value is -2.39. The molecule has 28 heavy (non-hydrogen) atoms. The molecular formula is C19H20F3N3O2S. The van der Waals surface area contributed by atoms with Gasteiger partial charge < -0.3 is 10.2 Å². The van der Waals surface area contributed by atoms with Gasteiger partial charge in [-0.15, -0.1) is 0 Å². The summed E-state index contributed by atoms with van der Waals surface area (Å²) in [5, 5.41) is 6.44. The second-order valence-corrected chi connectivity index (χ2v) is 7.26. The Kier molecular flexibility index (Phi) is 6.35. The summed E-state index contributed by atoms with van der Waals surface area (Å²) in [5.74, 6) is -0.364. The normalized spacial score (nSPS) is 15.5. The SMILES string of the molecule is O=C(NCCN1CCN(C(=O)c2ccsc2)CC1)c1ccc(C(F)(F)F)cc1. The van der Waals surface area contributed by atoms with Gasteiger partial charge in [0.2, 0.25) is 0 Å². The van der Waals surface area contributed by atoms with Gasteiger partial charge in [-0.2, -0.15) is 24.5 Å². The van der Waals surface area contributed by atoms with Crippen LogP contribution in [0.4, 0.5) is 13.2 Å². The fraction of sp³-hybridized carbons (Fsp3) is 0.368. The zero-order chi connectivity index (χ0) is 20.1. The quantitative estimate of drug-likeness (QED) is 0.823. The van der Waals surface area contributed by atoms with Crippen LogP contribution in [0.25, 0.3) is 0 Å². The van der Waals surface area contributed by atoms with Crippen molar-refractivity contribution < 1.29 is 22.8 Å². The van der Waals surface area contributed by atoms with E-state index in [1.165, 1.54) is 23.5 Å². The number of carbonyl (C=O) groups excluding carboxylic acids is 2. The fourth-order valence-electron chi connectivity index (χ4n) is 2.98. The maximum Gasteiger partial charge on any atom is 0.416 e. The minimum Gasteiger partial charge on any atom is -0.351 e. The Morgan fingerprint density at radius 1 is 1.00 bits per heavy atom. The van der Waals surface area contributed by atoms with Gasteiger partial charge in [-0.1, -0.05) is 0 Å². The molecule has 1 saturated heterocycles. The van der Waals surface area contributed by atoms with Crippen LogP contribution in [0, 0.1) is 0 Å². The second-order valence-electron chi connectivity index (χ2n) is 6.48. The minimum atomic E-state index is -4.41. The molecule has 0 radical (unpaired) electrons. The monoisotopic (exact) mass is 411 g/mol. The summed E-state index contributed by atoms with van der Waals surface area (Å²) in [6.07, 6.45) is -4.41. The molecule has 1 aromatic heterocycles. The van der Waals surface area contributed by atoms with Crippen molar-refractivity contribution in [2.75, 3.05) is 39.3 Å². The highest BCUT2D eigenvalue weighted by Gasteiger charge is 2.30. The van der Waals surface area contributed by atoms with Crippen LogP contribution in [0.1, 0.15) is 26.3 Å². The third-order valence-corrected chi connectivity index (χ3v) is 5.30. The Morgan fingerprint density at radius 2 is 1.68 bits per heavy atom. The number of amides is 2. The number of hydrogen-bond donors (Lipinski definition) is 1. The highest BCUT2D eigenvalue weighted by atomic mass is 32.1. The van der Waals surface area contributed by atoms with Gasteiger partial charge in [0.15, 0.2) is 0 Å². The van der Waals surface area contributed by atoms with Gasteiger partial charge in [-0.25, -0.2) is 0 Å². The lowest BCUT2D eigenvalue weighted by Crippen LogP contribution is -2.50. The van der Waals surface area contributed by atoms with Crippen LogP contribution in [0.5, 0.6) is 0 Å². The van der Waals surface area contributed by atoms with Crippen LogP contribution in [-0.2, 0) is 6.18 Å². The molecule has 1 aromatic carbocycles. The van der Waals surface area contributed by atoms with Gasteiger partial charge in [-0.05, 0) is 35.7 Å². The smallest absolute Gasteiger partial charge is 0.351 e. The lowest BCUT2D eigenvalue weighted by Gasteiger charge is -2.34. The van der Waals surface area contributed by atoms with E-state index >= 15 is 0 Å². The predicted molar refractivity (Wildman–Crippen MR) is 100 cm³/mol. The van der Waals surface area contributed by atoms with E-state index in [-0.39, 0.29) is 11.5 Å². The van der Waals surface area contributed by atoms with Crippen molar-refractivity contribution in [3.63, 3.8) is 0 Å². The van der Waals surface area contributed by atoms with Crippen LogP contribution >= 0.6 is 11.3 Å². The molecule has 1 aliphatic heterocycles. The van der Waals surface area contributed by atoms with E-state index < -0.39 is 17.6 Å². The molecule has 0 spiro atoms. The third-order valence-electron chi connectivity index (χ3n) is 4.62. The topological polar surface area (TPSA) is 52.7 Å². The zero-order valence-electron chi connectivity index (χ0n) is 15.0. The predicted octanol–water partition coefficient (Wildman–Crippen LogP) is 2.95. The molecule has 0 atom stereocenters. The summed E-state index contributed by atoms with van der Waals surface area (Å²) in [6, 6.07) is 5.97. The van der Waals surface area contributed by atoms with Crippen molar-refractivity contribution in [2.24, 2.45) is 0 Å². The summed E-state index contributed by atoms with van der Waals surface area (Å²) in [4.78, 5) is 28.3. The Labute approximate surface area is 164 Å². The molecule has 5 nitrogen and oxygen atoms in total. The first kappa shape index (κ1) is 20.3. The van der Waals surface area contributed by atoms with Crippen molar-refractivity contribution in [3.8, 4) is 0 Å². The van der Waals surface area contributed by atoms with Crippen LogP contribution in [0.2, 0.25) is 0 Å². The highest BCUT2D eigenvalue weighted by molar-refractivity contribution is 7.08. The number of benzene rings is 1. The maximum absolute atomic E-state index is 12.6. The minimum absolute atomic E-state index is 0.0384. The number of hydrogen-bond acceptors (Lipinski definition) is 4. The van der Waals surface area contributed by atoms with E-state index in [9.17, 15) is 22.8 Å². The Bertz CT molecular complexity index is 799. The molecule has 1 aliphatic rings. The molecule has 0 bridgehead atoms. The van der Waals surface area contributed by atoms with Gasteiger partial charge >= 0.3 is 6.18 Å². The van der Waals surface area contributed by atoms with Crippen LogP contribution in [0.3, 0.4) is 0 Å². The van der Waals surface area contributed by atoms with Crippen molar-refractivity contribution in [3.05, 3.63) is 57.8 Å². The first-order valence-corrected chi connectivity index (χ1v) is 9.78. The second kappa shape index (κ2) is 8.74. The standard InChI is InChI=1S/C19H20F3N3O2S/c20-19(21,22)16-3-1-14(2-4-16)17(26)23-6-7-24-8-10-25(11-9-24)18(27)15-5-12-28-13-15/h1-5,12-13H,6-11H2,(H,23,26). The molecule has 1 fully saturated rings. The van der Waals surface area contributed by atoms with Crippen LogP contribution in [0.15, 0.2) is 41.1 Å². The summed E-state index contributed by atoms with van der Waals surface area (Å²) in [7, 11) is 0. The summed E-state index contributed by atoms with van der Waals surface area (Å²) < 4.78 is 37.7. The molecule has 2 aromatic rings. The van der Waals surface area contributed by atoms with Crippen molar-refractivity contribution in [1.29, 1.82) is 0 Å². The summed E-state index contributed by atoms with van der Waals surface area (Å²) in [5.41, 5.74) is 0.125. The Morgan fingerprint density at radius 3 is 2.25 bits per heavy atom. The van der Waals surface area contributed by atoms with Gasteiger partial charge in [-0.3, -0.25) is 14.5 Å². The van der Waals surface area contributed by atoms with E-state index in [1.54, 1.807) is 0 Å². The first-order valence-electron chi connectivity index (χ1n) is 8.84. The van der Waals surface area contributed by atoms with E-state index in [2.05, 4.69) is 10.2 Å². The maximum atomic E-state index is 12.6. The molecule has 2 amide bonds. The van der Waals surface area contributed by atoms with Gasteiger partial charge in [0.25, 0.3) is 11.8 Å². The fourth-order valence-corrected chi connectivity index (χ4v) is 3.61. The molecule has 9 heteroatoms. The third kappa shape index (κ3) is 5.11. The molecule has 0 aliphatic carbocycles.